The molecule has 0 radical (unpaired) electrons. The highest BCUT2D eigenvalue weighted by Gasteiger charge is 2.38. The van der Waals surface area contributed by atoms with Crippen molar-refractivity contribution in [1.29, 1.82) is 0 Å². The molecule has 1 saturated heterocycles. The average molecular weight is 233 g/mol. The van der Waals surface area contributed by atoms with Crippen LogP contribution in [-0.4, -0.2) is 23.0 Å². The van der Waals surface area contributed by atoms with Gasteiger partial charge in [0.25, 0.3) is 0 Å². The van der Waals surface area contributed by atoms with Crippen LogP contribution in [0.5, 0.6) is 0 Å². The van der Waals surface area contributed by atoms with Crippen molar-refractivity contribution in [2.45, 2.75) is 38.3 Å². The van der Waals surface area contributed by atoms with Crippen LogP contribution in [0.15, 0.2) is 24.4 Å². The van der Waals surface area contributed by atoms with Gasteiger partial charge in [0.2, 0.25) is 5.91 Å². The first-order valence-corrected chi connectivity index (χ1v) is 6.20. The molecule has 1 aromatic rings. The van der Waals surface area contributed by atoms with Crippen LogP contribution in [-0.2, 0) is 11.3 Å². The van der Waals surface area contributed by atoms with Crippen LogP contribution >= 0.6 is 0 Å². The predicted molar refractivity (Wildman–Crippen MR) is 66.3 cm³/mol. The second-order valence-electron chi connectivity index (χ2n) is 4.47. The SMILES string of the molecule is CCC1(C(=O)NCc2ccccn2)CCCN1. The summed E-state index contributed by atoms with van der Waals surface area (Å²) >= 11 is 0. The maximum Gasteiger partial charge on any atom is 0.240 e. The van der Waals surface area contributed by atoms with Crippen LogP contribution in [0.4, 0.5) is 0 Å². The normalized spacial score (nSPS) is 23.6. The molecule has 2 heterocycles. The van der Waals surface area contributed by atoms with Crippen LogP contribution < -0.4 is 10.6 Å². The Labute approximate surface area is 102 Å². The Hall–Kier alpha value is -1.42. The summed E-state index contributed by atoms with van der Waals surface area (Å²) in [6.07, 6.45) is 4.58. The van der Waals surface area contributed by atoms with E-state index in [1.54, 1.807) is 6.20 Å². The summed E-state index contributed by atoms with van der Waals surface area (Å²) in [5.74, 6) is 0.100. The minimum absolute atomic E-state index is 0.100. The summed E-state index contributed by atoms with van der Waals surface area (Å²) in [4.78, 5) is 16.4. The van der Waals surface area contributed by atoms with Gasteiger partial charge in [0.05, 0.1) is 17.8 Å². The van der Waals surface area contributed by atoms with Gasteiger partial charge in [0.1, 0.15) is 0 Å². The van der Waals surface area contributed by atoms with Crippen molar-refractivity contribution >= 4 is 5.91 Å². The van der Waals surface area contributed by atoms with Crippen LogP contribution in [0.1, 0.15) is 31.9 Å². The monoisotopic (exact) mass is 233 g/mol. The second-order valence-corrected chi connectivity index (χ2v) is 4.47. The van der Waals surface area contributed by atoms with Crippen molar-refractivity contribution in [3.05, 3.63) is 30.1 Å². The fourth-order valence-corrected chi connectivity index (χ4v) is 2.31. The van der Waals surface area contributed by atoms with Crippen molar-refractivity contribution in [2.24, 2.45) is 0 Å². The maximum atomic E-state index is 12.2. The van der Waals surface area contributed by atoms with Crippen molar-refractivity contribution in [2.75, 3.05) is 6.54 Å². The first kappa shape index (κ1) is 12.0. The lowest BCUT2D eigenvalue weighted by atomic mass is 9.93. The van der Waals surface area contributed by atoms with E-state index in [0.717, 1.165) is 31.5 Å². The van der Waals surface area contributed by atoms with E-state index in [2.05, 4.69) is 22.5 Å². The van der Waals surface area contributed by atoms with E-state index in [0.29, 0.717) is 6.54 Å². The zero-order chi connectivity index (χ0) is 12.1. The molecule has 0 aliphatic carbocycles. The molecule has 17 heavy (non-hydrogen) atoms. The topological polar surface area (TPSA) is 54.0 Å². The standard InChI is InChI=1S/C13H19N3O/c1-2-13(7-5-9-16-13)12(17)15-10-11-6-3-4-8-14-11/h3-4,6,8,16H,2,5,7,9-10H2,1H3,(H,15,17). The molecular formula is C13H19N3O. The molecule has 0 spiro atoms. The van der Waals surface area contributed by atoms with E-state index >= 15 is 0 Å². The Morgan fingerprint density at radius 1 is 1.59 bits per heavy atom. The zero-order valence-electron chi connectivity index (χ0n) is 10.2. The Morgan fingerprint density at radius 2 is 2.47 bits per heavy atom. The van der Waals surface area contributed by atoms with Gasteiger partial charge in [-0.3, -0.25) is 9.78 Å². The smallest absolute Gasteiger partial charge is 0.240 e. The maximum absolute atomic E-state index is 12.2. The van der Waals surface area contributed by atoms with E-state index < -0.39 is 0 Å². The minimum atomic E-state index is -0.352. The zero-order valence-corrected chi connectivity index (χ0v) is 10.2. The van der Waals surface area contributed by atoms with Gasteiger partial charge in [-0.1, -0.05) is 13.0 Å². The third-order valence-electron chi connectivity index (χ3n) is 3.44. The summed E-state index contributed by atoms with van der Waals surface area (Å²) in [5.41, 5.74) is 0.541. The molecule has 1 atom stereocenters. The summed E-state index contributed by atoms with van der Waals surface area (Å²) < 4.78 is 0. The molecular weight excluding hydrogens is 214 g/mol. The predicted octanol–water partition coefficient (Wildman–Crippen LogP) is 1.23. The summed E-state index contributed by atoms with van der Waals surface area (Å²) in [5, 5.41) is 6.29. The van der Waals surface area contributed by atoms with Crippen LogP contribution in [0, 0.1) is 0 Å². The summed E-state index contributed by atoms with van der Waals surface area (Å²) in [6, 6.07) is 5.72. The summed E-state index contributed by atoms with van der Waals surface area (Å²) in [7, 11) is 0. The highest BCUT2D eigenvalue weighted by molar-refractivity contribution is 5.86. The Kier molecular flexibility index (Phi) is 3.74. The number of aromatic nitrogens is 1. The first-order chi connectivity index (χ1) is 8.27. The quantitative estimate of drug-likeness (QED) is 0.822. The van der Waals surface area contributed by atoms with Gasteiger partial charge in [0, 0.05) is 6.20 Å². The lowest BCUT2D eigenvalue weighted by Gasteiger charge is -2.26. The number of carbonyl (C=O) groups is 1. The van der Waals surface area contributed by atoms with E-state index in [-0.39, 0.29) is 11.4 Å². The Morgan fingerprint density at radius 3 is 3.06 bits per heavy atom. The van der Waals surface area contributed by atoms with Gasteiger partial charge in [-0.25, -0.2) is 0 Å². The fourth-order valence-electron chi connectivity index (χ4n) is 2.31. The van der Waals surface area contributed by atoms with Crippen molar-refractivity contribution < 1.29 is 4.79 Å². The number of pyridine rings is 1. The molecule has 92 valence electrons. The van der Waals surface area contributed by atoms with E-state index in [4.69, 9.17) is 0 Å². The fraction of sp³-hybridized carbons (Fsp3) is 0.538. The molecule has 2 rings (SSSR count). The average Bonchev–Trinajstić information content (AvgIpc) is 2.87. The van der Waals surface area contributed by atoms with Gasteiger partial charge in [-0.15, -0.1) is 0 Å². The molecule has 1 aromatic heterocycles. The van der Waals surface area contributed by atoms with E-state index in [9.17, 15) is 4.79 Å². The third-order valence-corrected chi connectivity index (χ3v) is 3.44. The summed E-state index contributed by atoms with van der Waals surface area (Å²) in [6.45, 7) is 3.49. The molecule has 0 aromatic carbocycles. The van der Waals surface area contributed by atoms with Crippen molar-refractivity contribution in [1.82, 2.24) is 15.6 Å². The van der Waals surface area contributed by atoms with Gasteiger partial charge >= 0.3 is 0 Å². The second kappa shape index (κ2) is 5.27. The van der Waals surface area contributed by atoms with Crippen molar-refractivity contribution in [3.8, 4) is 0 Å². The van der Waals surface area contributed by atoms with Gasteiger partial charge in [-0.2, -0.15) is 0 Å². The number of carbonyl (C=O) groups excluding carboxylic acids is 1. The number of hydrogen-bond donors (Lipinski definition) is 2. The molecule has 2 N–H and O–H groups in total. The molecule has 1 amide bonds. The lowest BCUT2D eigenvalue weighted by molar-refractivity contribution is -0.127. The van der Waals surface area contributed by atoms with Gasteiger partial charge < -0.3 is 10.6 Å². The van der Waals surface area contributed by atoms with Gasteiger partial charge in [0.15, 0.2) is 0 Å². The highest BCUT2D eigenvalue weighted by Crippen LogP contribution is 2.23. The molecule has 0 saturated carbocycles. The number of rotatable bonds is 4. The molecule has 1 fully saturated rings. The third kappa shape index (κ3) is 2.64. The molecule has 1 aliphatic heterocycles. The van der Waals surface area contributed by atoms with Crippen molar-refractivity contribution in [3.63, 3.8) is 0 Å². The molecule has 1 aliphatic rings. The number of nitrogens with one attached hydrogen (secondary N) is 2. The van der Waals surface area contributed by atoms with E-state index in [1.807, 2.05) is 18.2 Å². The molecule has 4 nitrogen and oxygen atoms in total. The molecule has 1 unspecified atom stereocenters. The molecule has 4 heteroatoms. The highest BCUT2D eigenvalue weighted by atomic mass is 16.2. The number of hydrogen-bond acceptors (Lipinski definition) is 3. The minimum Gasteiger partial charge on any atom is -0.349 e. The van der Waals surface area contributed by atoms with Crippen LogP contribution in [0.2, 0.25) is 0 Å². The Balaban J connectivity index is 1.93. The first-order valence-electron chi connectivity index (χ1n) is 6.20. The number of amides is 1. The van der Waals surface area contributed by atoms with Gasteiger partial charge in [-0.05, 0) is 37.9 Å². The Bertz CT molecular complexity index is 372. The van der Waals surface area contributed by atoms with E-state index in [1.165, 1.54) is 0 Å². The molecule has 0 bridgehead atoms. The van der Waals surface area contributed by atoms with Crippen LogP contribution in [0.25, 0.3) is 0 Å². The lowest BCUT2D eigenvalue weighted by Crippen LogP contribution is -2.52. The largest absolute Gasteiger partial charge is 0.349 e. The van der Waals surface area contributed by atoms with Crippen LogP contribution in [0.3, 0.4) is 0 Å². The number of nitrogens with zero attached hydrogens (tertiary/aromatic N) is 1.